The van der Waals surface area contributed by atoms with Crippen LogP contribution in [0.3, 0.4) is 0 Å². The van der Waals surface area contributed by atoms with Crippen molar-refractivity contribution in [3.8, 4) is 28.5 Å². The van der Waals surface area contributed by atoms with Gasteiger partial charge in [0.2, 0.25) is 5.88 Å². The summed E-state index contributed by atoms with van der Waals surface area (Å²) in [7, 11) is 2.04. The highest BCUT2D eigenvalue weighted by Gasteiger charge is 2.44. The van der Waals surface area contributed by atoms with Crippen molar-refractivity contribution in [3.63, 3.8) is 0 Å². The molecular formula is C25H27F2N7O2. The Morgan fingerprint density at radius 2 is 1.97 bits per heavy atom. The fraction of sp³-hybridized carbons (Fsp3) is 0.400. The number of nitrogens with zero attached hydrogens (tertiary/aromatic N) is 5. The SMILES string of the molecule is CCOc1ccc(-c2cc(C(=O)NC34CCC(CC3)N(C)C4)c(F)c(-c3cnc(N)c(F)n3)n2)cn1. The van der Waals surface area contributed by atoms with Crippen molar-refractivity contribution in [2.24, 2.45) is 0 Å². The van der Waals surface area contributed by atoms with E-state index in [1.165, 1.54) is 12.3 Å². The maximum Gasteiger partial charge on any atom is 0.256 e. The van der Waals surface area contributed by atoms with Crippen LogP contribution >= 0.6 is 0 Å². The van der Waals surface area contributed by atoms with Crippen LogP contribution in [0.1, 0.15) is 43.0 Å². The number of fused-ring (bicyclic) bond motifs is 3. The number of amides is 1. The van der Waals surface area contributed by atoms with Crippen LogP contribution in [0.5, 0.6) is 5.88 Å². The lowest BCUT2D eigenvalue weighted by atomic mass is 9.74. The van der Waals surface area contributed by atoms with Gasteiger partial charge < -0.3 is 20.7 Å². The van der Waals surface area contributed by atoms with E-state index in [-0.39, 0.29) is 22.6 Å². The fourth-order valence-electron chi connectivity index (χ4n) is 5.10. The Morgan fingerprint density at radius 3 is 2.61 bits per heavy atom. The topological polar surface area (TPSA) is 119 Å². The lowest BCUT2D eigenvalue weighted by Crippen LogP contribution is -2.64. The molecule has 188 valence electrons. The molecule has 0 aromatic carbocycles. The normalized spacial score (nSPS) is 21.4. The van der Waals surface area contributed by atoms with E-state index in [1.54, 1.807) is 12.1 Å². The zero-order valence-corrected chi connectivity index (χ0v) is 20.1. The lowest BCUT2D eigenvalue weighted by molar-refractivity contribution is 0.0269. The second-order valence-electron chi connectivity index (χ2n) is 9.35. The summed E-state index contributed by atoms with van der Waals surface area (Å²) in [5, 5.41) is 3.10. The number of nitrogen functional groups attached to an aromatic ring is 1. The first-order valence-electron chi connectivity index (χ1n) is 11.9. The van der Waals surface area contributed by atoms with Gasteiger partial charge in [-0.15, -0.1) is 0 Å². The number of hydrogen-bond donors (Lipinski definition) is 2. The number of nitrogens with one attached hydrogen (secondary N) is 1. The molecule has 3 aliphatic rings. The first kappa shape index (κ1) is 24.0. The number of halogens is 2. The van der Waals surface area contributed by atoms with Gasteiger partial charge in [-0.05, 0) is 51.8 Å². The molecule has 0 atom stereocenters. The molecule has 0 radical (unpaired) electrons. The molecule has 0 spiro atoms. The number of nitrogens with two attached hydrogens (primary N) is 1. The average molecular weight is 496 g/mol. The van der Waals surface area contributed by atoms with Gasteiger partial charge in [-0.1, -0.05) is 0 Å². The number of rotatable bonds is 6. The van der Waals surface area contributed by atoms with E-state index in [0.717, 1.165) is 31.9 Å². The molecule has 3 aromatic rings. The first-order chi connectivity index (χ1) is 17.3. The maximum absolute atomic E-state index is 15.8. The summed E-state index contributed by atoms with van der Waals surface area (Å²) in [5.41, 5.74) is 5.11. The number of aromatic nitrogens is 4. The van der Waals surface area contributed by atoms with Crippen molar-refractivity contribution in [1.29, 1.82) is 0 Å². The summed E-state index contributed by atoms with van der Waals surface area (Å²) in [4.78, 5) is 31.8. The van der Waals surface area contributed by atoms with Gasteiger partial charge in [0.15, 0.2) is 11.6 Å². The zero-order chi connectivity index (χ0) is 25.4. The van der Waals surface area contributed by atoms with E-state index >= 15 is 4.39 Å². The highest BCUT2D eigenvalue weighted by Crippen LogP contribution is 2.38. The Kier molecular flexibility index (Phi) is 6.25. The van der Waals surface area contributed by atoms with Crippen LogP contribution in [0.4, 0.5) is 14.6 Å². The summed E-state index contributed by atoms with van der Waals surface area (Å²) >= 11 is 0. The molecule has 0 unspecified atom stereocenters. The van der Waals surface area contributed by atoms with E-state index in [4.69, 9.17) is 10.5 Å². The van der Waals surface area contributed by atoms with Crippen molar-refractivity contribution >= 4 is 11.7 Å². The van der Waals surface area contributed by atoms with Crippen LogP contribution in [0.2, 0.25) is 0 Å². The zero-order valence-electron chi connectivity index (χ0n) is 20.1. The molecule has 9 nitrogen and oxygen atoms in total. The lowest BCUT2D eigenvalue weighted by Gasteiger charge is -2.51. The highest BCUT2D eigenvalue weighted by molar-refractivity contribution is 5.97. The third-order valence-corrected chi connectivity index (χ3v) is 6.99. The molecule has 1 saturated carbocycles. The van der Waals surface area contributed by atoms with Crippen molar-refractivity contribution < 1.29 is 18.3 Å². The van der Waals surface area contributed by atoms with Crippen molar-refractivity contribution in [2.45, 2.75) is 44.2 Å². The molecular weight excluding hydrogens is 468 g/mol. The summed E-state index contributed by atoms with van der Waals surface area (Å²) < 4.78 is 35.2. The summed E-state index contributed by atoms with van der Waals surface area (Å²) in [6, 6.07) is 5.25. The predicted octanol–water partition coefficient (Wildman–Crippen LogP) is 3.22. The van der Waals surface area contributed by atoms with Crippen molar-refractivity contribution in [3.05, 3.63) is 47.9 Å². The van der Waals surface area contributed by atoms with Gasteiger partial charge in [0, 0.05) is 30.4 Å². The number of ether oxygens (including phenoxy) is 1. The molecule has 6 rings (SSSR count). The molecule has 1 amide bonds. The monoisotopic (exact) mass is 495 g/mol. The van der Waals surface area contributed by atoms with Crippen LogP contribution < -0.4 is 15.8 Å². The molecule has 2 saturated heterocycles. The third kappa shape index (κ3) is 4.46. The Hall–Kier alpha value is -3.73. The quantitative estimate of drug-likeness (QED) is 0.535. The Bertz CT molecular complexity index is 1290. The van der Waals surface area contributed by atoms with Gasteiger partial charge in [0.25, 0.3) is 11.9 Å². The molecule has 36 heavy (non-hydrogen) atoms. The number of likely N-dealkylation sites (N-methyl/N-ethyl adjacent to an activating group) is 1. The van der Waals surface area contributed by atoms with E-state index in [0.29, 0.717) is 30.6 Å². The van der Waals surface area contributed by atoms with Crippen LogP contribution in [-0.4, -0.2) is 62.5 Å². The second kappa shape index (κ2) is 9.38. The molecule has 3 fully saturated rings. The van der Waals surface area contributed by atoms with Gasteiger partial charge in [-0.3, -0.25) is 4.79 Å². The second-order valence-corrected chi connectivity index (χ2v) is 9.35. The van der Waals surface area contributed by atoms with Crippen LogP contribution in [-0.2, 0) is 0 Å². The summed E-state index contributed by atoms with van der Waals surface area (Å²) in [6.45, 7) is 3.00. The molecule has 1 aliphatic carbocycles. The molecule has 5 heterocycles. The molecule has 11 heteroatoms. The number of hydrogen-bond acceptors (Lipinski definition) is 8. The smallest absolute Gasteiger partial charge is 0.256 e. The fourth-order valence-corrected chi connectivity index (χ4v) is 5.10. The first-order valence-corrected chi connectivity index (χ1v) is 11.9. The van der Waals surface area contributed by atoms with Crippen LogP contribution in [0, 0.1) is 11.8 Å². The Labute approximate surface area is 207 Å². The minimum Gasteiger partial charge on any atom is -0.478 e. The minimum absolute atomic E-state index is 0.176. The highest BCUT2D eigenvalue weighted by atomic mass is 19.1. The van der Waals surface area contributed by atoms with Gasteiger partial charge in [-0.2, -0.15) is 4.39 Å². The van der Waals surface area contributed by atoms with Crippen molar-refractivity contribution in [2.75, 3.05) is 25.9 Å². The van der Waals surface area contributed by atoms with Gasteiger partial charge in [0.05, 0.1) is 29.6 Å². The van der Waals surface area contributed by atoms with Gasteiger partial charge >= 0.3 is 0 Å². The van der Waals surface area contributed by atoms with Gasteiger partial charge in [-0.25, -0.2) is 24.3 Å². The molecule has 3 aromatic heterocycles. The Morgan fingerprint density at radius 1 is 1.19 bits per heavy atom. The van der Waals surface area contributed by atoms with Crippen molar-refractivity contribution in [1.82, 2.24) is 30.2 Å². The standard InChI is InChI=1S/C25H27F2N7O2/c1-3-36-19-5-4-14(11-29-19)17-10-16(20(26)21(31-17)18-12-30-23(28)22(27)32-18)24(35)33-25-8-6-15(7-9-25)34(2)13-25/h4-5,10-12,15H,3,6-9,13H2,1-2H3,(H2,28,30)(H,33,35). The van der Waals surface area contributed by atoms with Crippen LogP contribution in [0.25, 0.3) is 22.6 Å². The largest absolute Gasteiger partial charge is 0.478 e. The number of pyridine rings is 2. The van der Waals surface area contributed by atoms with E-state index in [2.05, 4.69) is 30.2 Å². The summed E-state index contributed by atoms with van der Waals surface area (Å²) in [5.74, 6) is -2.52. The van der Waals surface area contributed by atoms with Crippen LogP contribution in [0.15, 0.2) is 30.6 Å². The Balaban J connectivity index is 1.57. The maximum atomic E-state index is 15.8. The minimum atomic E-state index is -1.05. The van der Waals surface area contributed by atoms with E-state index < -0.39 is 29.0 Å². The number of piperidine rings is 2. The molecule has 2 aliphatic heterocycles. The molecule has 3 N–H and O–H groups in total. The number of anilines is 1. The number of carbonyl (C=O) groups excluding carboxylic acids is 1. The third-order valence-electron chi connectivity index (χ3n) is 6.99. The predicted molar refractivity (Wildman–Crippen MR) is 129 cm³/mol. The van der Waals surface area contributed by atoms with E-state index in [9.17, 15) is 9.18 Å². The average Bonchev–Trinajstić information content (AvgIpc) is 2.87. The van der Waals surface area contributed by atoms with Gasteiger partial charge in [0.1, 0.15) is 11.4 Å². The number of carbonyl (C=O) groups is 1. The summed E-state index contributed by atoms with van der Waals surface area (Å²) in [6.07, 6.45) is 6.26. The molecule has 2 bridgehead atoms. The van der Waals surface area contributed by atoms with E-state index in [1.807, 2.05) is 14.0 Å².